The van der Waals surface area contributed by atoms with Crippen molar-refractivity contribution in [3.8, 4) is 11.4 Å². The highest BCUT2D eigenvalue weighted by molar-refractivity contribution is 6.16. The number of carbonyl (C=O) groups is 1. The molecule has 4 N–H and O–H groups in total. The molecule has 1 aromatic carbocycles. The Hall–Kier alpha value is -3.69. The summed E-state index contributed by atoms with van der Waals surface area (Å²) in [6, 6.07) is 3.59. The minimum atomic E-state index is -1.10. The highest BCUT2D eigenvalue weighted by atomic mass is 19.1. The SMILES string of the molecule is Nc1ccc(F)c(C(=O)c2c[nH]c3ncc(-c4nn[nH]n4)cc23)c1F. The first-order valence-electron chi connectivity index (χ1n) is 7.05. The van der Waals surface area contributed by atoms with Crippen LogP contribution in [0.1, 0.15) is 15.9 Å². The minimum absolute atomic E-state index is 0.0521. The fourth-order valence-electron chi connectivity index (χ4n) is 2.51. The van der Waals surface area contributed by atoms with Crippen molar-refractivity contribution in [2.45, 2.75) is 0 Å². The maximum atomic E-state index is 14.2. The third kappa shape index (κ3) is 2.31. The molecular formula is C15H9F2N7O. The minimum Gasteiger partial charge on any atom is -0.396 e. The molecule has 0 fully saturated rings. The number of tetrazole rings is 1. The summed E-state index contributed by atoms with van der Waals surface area (Å²) in [5.74, 6) is -2.66. The Balaban J connectivity index is 1.89. The maximum absolute atomic E-state index is 14.2. The number of fused-ring (bicyclic) bond motifs is 1. The molecule has 0 saturated carbocycles. The topological polar surface area (TPSA) is 126 Å². The first-order chi connectivity index (χ1) is 12.1. The smallest absolute Gasteiger partial charge is 0.206 e. The first-order valence-corrected chi connectivity index (χ1v) is 7.05. The molecule has 0 atom stereocenters. The number of rotatable bonds is 3. The van der Waals surface area contributed by atoms with Gasteiger partial charge in [-0.3, -0.25) is 4.79 Å². The number of nitrogens with one attached hydrogen (secondary N) is 2. The lowest BCUT2D eigenvalue weighted by Gasteiger charge is -2.06. The molecule has 8 nitrogen and oxygen atoms in total. The van der Waals surface area contributed by atoms with Crippen molar-refractivity contribution in [1.82, 2.24) is 30.6 Å². The summed E-state index contributed by atoms with van der Waals surface area (Å²) >= 11 is 0. The van der Waals surface area contributed by atoms with Crippen LogP contribution >= 0.6 is 0 Å². The zero-order valence-electron chi connectivity index (χ0n) is 12.4. The van der Waals surface area contributed by atoms with E-state index in [4.69, 9.17) is 5.73 Å². The van der Waals surface area contributed by atoms with Gasteiger partial charge in [0.15, 0.2) is 5.82 Å². The number of aromatic nitrogens is 6. The van der Waals surface area contributed by atoms with Gasteiger partial charge in [-0.2, -0.15) is 5.21 Å². The standard InChI is InChI=1S/C15H9F2N7O/c16-9-1-2-10(18)12(17)11(9)13(25)8-5-20-15-7(8)3-6(4-19-15)14-21-23-24-22-14/h1-5H,18H2,(H,19,20)(H,21,22,23,24). The van der Waals surface area contributed by atoms with Crippen LogP contribution in [0.4, 0.5) is 14.5 Å². The lowest BCUT2D eigenvalue weighted by atomic mass is 10.0. The van der Waals surface area contributed by atoms with E-state index < -0.39 is 23.0 Å². The third-order valence-corrected chi connectivity index (χ3v) is 3.73. The van der Waals surface area contributed by atoms with E-state index in [0.717, 1.165) is 12.1 Å². The van der Waals surface area contributed by atoms with Crippen LogP contribution < -0.4 is 5.73 Å². The molecule has 124 valence electrons. The lowest BCUT2D eigenvalue weighted by Crippen LogP contribution is -2.09. The Morgan fingerprint density at radius 1 is 1.24 bits per heavy atom. The summed E-state index contributed by atoms with van der Waals surface area (Å²) in [4.78, 5) is 19.6. The normalized spacial score (nSPS) is 11.1. The fourth-order valence-corrected chi connectivity index (χ4v) is 2.51. The molecular weight excluding hydrogens is 332 g/mol. The number of nitrogen functional groups attached to an aromatic ring is 1. The molecule has 3 heterocycles. The molecule has 3 aromatic heterocycles. The molecule has 0 saturated heterocycles. The molecule has 4 aromatic rings. The maximum Gasteiger partial charge on any atom is 0.206 e. The average Bonchev–Trinajstić information content (AvgIpc) is 3.27. The van der Waals surface area contributed by atoms with Crippen LogP contribution in [0.3, 0.4) is 0 Å². The first kappa shape index (κ1) is 14.9. The molecule has 0 aliphatic heterocycles. The van der Waals surface area contributed by atoms with Gasteiger partial charge in [-0.15, -0.1) is 10.2 Å². The number of hydrogen-bond acceptors (Lipinski definition) is 6. The Kier molecular flexibility index (Phi) is 3.24. The van der Waals surface area contributed by atoms with E-state index in [1.165, 1.54) is 12.4 Å². The Morgan fingerprint density at radius 3 is 2.84 bits per heavy atom. The van der Waals surface area contributed by atoms with Gasteiger partial charge in [-0.1, -0.05) is 0 Å². The fraction of sp³-hybridized carbons (Fsp3) is 0. The van der Waals surface area contributed by atoms with Crippen molar-refractivity contribution in [2.24, 2.45) is 0 Å². The molecule has 0 radical (unpaired) electrons. The molecule has 0 amide bonds. The number of H-pyrrole nitrogens is 2. The van der Waals surface area contributed by atoms with Crippen molar-refractivity contribution >= 4 is 22.5 Å². The van der Waals surface area contributed by atoms with Gasteiger partial charge < -0.3 is 10.7 Å². The molecule has 0 bridgehead atoms. The monoisotopic (exact) mass is 341 g/mol. The quantitative estimate of drug-likeness (QED) is 0.385. The van der Waals surface area contributed by atoms with E-state index in [9.17, 15) is 13.6 Å². The second kappa shape index (κ2) is 5.44. The highest BCUT2D eigenvalue weighted by Gasteiger charge is 2.24. The molecule has 0 unspecified atom stereocenters. The van der Waals surface area contributed by atoms with Crippen molar-refractivity contribution in [1.29, 1.82) is 0 Å². The van der Waals surface area contributed by atoms with Crippen LogP contribution in [0, 0.1) is 11.6 Å². The number of nitrogens with two attached hydrogens (primary N) is 1. The van der Waals surface area contributed by atoms with Gasteiger partial charge in [0.1, 0.15) is 11.5 Å². The van der Waals surface area contributed by atoms with E-state index in [-0.39, 0.29) is 17.1 Å². The predicted molar refractivity (Wildman–Crippen MR) is 83.5 cm³/mol. The number of hydrogen-bond donors (Lipinski definition) is 3. The summed E-state index contributed by atoms with van der Waals surface area (Å²) in [6.07, 6.45) is 2.82. The molecule has 0 aliphatic rings. The average molecular weight is 341 g/mol. The third-order valence-electron chi connectivity index (χ3n) is 3.73. The van der Waals surface area contributed by atoms with Crippen molar-refractivity contribution in [2.75, 3.05) is 5.73 Å². The van der Waals surface area contributed by atoms with Gasteiger partial charge in [-0.05, 0) is 23.4 Å². The van der Waals surface area contributed by atoms with Crippen molar-refractivity contribution in [3.63, 3.8) is 0 Å². The number of pyridine rings is 1. The number of carbonyl (C=O) groups excluding carboxylic acids is 1. The Labute approximate surface area is 138 Å². The van der Waals surface area contributed by atoms with Crippen LogP contribution in [0.25, 0.3) is 22.4 Å². The van der Waals surface area contributed by atoms with Crippen LogP contribution in [0.2, 0.25) is 0 Å². The van der Waals surface area contributed by atoms with Gasteiger partial charge in [0.05, 0.1) is 11.3 Å². The molecule has 4 rings (SSSR count). The van der Waals surface area contributed by atoms with Gasteiger partial charge in [0, 0.05) is 28.9 Å². The zero-order valence-corrected chi connectivity index (χ0v) is 12.4. The van der Waals surface area contributed by atoms with E-state index in [1.54, 1.807) is 6.07 Å². The summed E-state index contributed by atoms with van der Waals surface area (Å²) in [7, 11) is 0. The zero-order chi connectivity index (χ0) is 17.6. The van der Waals surface area contributed by atoms with Crippen molar-refractivity contribution in [3.05, 3.63) is 53.4 Å². The predicted octanol–water partition coefficient (Wildman–Crippen LogP) is 1.83. The number of nitrogens with zero attached hydrogens (tertiary/aromatic N) is 4. The van der Waals surface area contributed by atoms with Crippen LogP contribution in [-0.4, -0.2) is 36.4 Å². The van der Waals surface area contributed by atoms with Gasteiger partial charge in [0.25, 0.3) is 0 Å². The van der Waals surface area contributed by atoms with Crippen LogP contribution in [0.15, 0.2) is 30.6 Å². The van der Waals surface area contributed by atoms with Crippen LogP contribution in [-0.2, 0) is 0 Å². The number of anilines is 1. The number of halogens is 2. The summed E-state index contributed by atoms with van der Waals surface area (Å²) in [5, 5.41) is 13.8. The Morgan fingerprint density at radius 2 is 2.08 bits per heavy atom. The van der Waals surface area contributed by atoms with Crippen LogP contribution in [0.5, 0.6) is 0 Å². The largest absolute Gasteiger partial charge is 0.396 e. The number of ketones is 1. The van der Waals surface area contributed by atoms with E-state index in [1.807, 2.05) is 0 Å². The van der Waals surface area contributed by atoms with Gasteiger partial charge in [0.2, 0.25) is 11.6 Å². The Bertz CT molecular complexity index is 1100. The van der Waals surface area contributed by atoms with E-state index >= 15 is 0 Å². The number of benzene rings is 1. The lowest BCUT2D eigenvalue weighted by molar-refractivity contribution is 0.103. The molecule has 0 aliphatic carbocycles. The second-order valence-corrected chi connectivity index (χ2v) is 5.21. The van der Waals surface area contributed by atoms with Gasteiger partial charge in [-0.25, -0.2) is 13.8 Å². The summed E-state index contributed by atoms with van der Waals surface area (Å²) < 4.78 is 28.2. The second-order valence-electron chi connectivity index (χ2n) is 5.21. The highest BCUT2D eigenvalue weighted by Crippen LogP contribution is 2.27. The van der Waals surface area contributed by atoms with E-state index in [0.29, 0.717) is 16.6 Å². The van der Waals surface area contributed by atoms with Crippen molar-refractivity contribution < 1.29 is 13.6 Å². The molecule has 0 spiro atoms. The summed E-state index contributed by atoms with van der Waals surface area (Å²) in [5.41, 5.74) is 5.33. The summed E-state index contributed by atoms with van der Waals surface area (Å²) in [6.45, 7) is 0. The molecule has 25 heavy (non-hydrogen) atoms. The number of aromatic amines is 2. The van der Waals surface area contributed by atoms with Gasteiger partial charge >= 0.3 is 0 Å². The van der Waals surface area contributed by atoms with E-state index in [2.05, 4.69) is 30.6 Å². The molecule has 10 heteroatoms.